The molecule has 3 heterocycles. The third-order valence-electron chi connectivity index (χ3n) is 6.49. The molecular formula is C23H41N5. The summed E-state index contributed by atoms with van der Waals surface area (Å²) >= 11 is 0. The minimum Gasteiger partial charge on any atom is -0.332 e. The third-order valence-corrected chi connectivity index (χ3v) is 6.49. The van der Waals surface area contributed by atoms with E-state index in [1.54, 1.807) is 0 Å². The molecule has 0 N–H and O–H groups in total. The van der Waals surface area contributed by atoms with E-state index < -0.39 is 0 Å². The first-order valence-corrected chi connectivity index (χ1v) is 11.5. The molecule has 2 unspecified atom stereocenters. The molecule has 2 bridgehead atoms. The molecule has 5 heteroatoms. The molecular weight excluding hydrogens is 346 g/mol. The molecule has 2 aliphatic heterocycles. The first kappa shape index (κ1) is 21.5. The van der Waals surface area contributed by atoms with E-state index in [1.165, 1.54) is 44.2 Å². The highest BCUT2D eigenvalue weighted by Gasteiger charge is 2.41. The van der Waals surface area contributed by atoms with Crippen molar-refractivity contribution in [1.29, 1.82) is 0 Å². The lowest BCUT2D eigenvalue weighted by Crippen LogP contribution is -2.56. The number of piperazine rings is 1. The highest BCUT2D eigenvalue weighted by atomic mass is 15.4. The van der Waals surface area contributed by atoms with Gasteiger partial charge in [-0.2, -0.15) is 0 Å². The SMILES string of the molecule is CC(C)CCCN(C)CCCc1cnc(N2C3CCC2CN(C(C)C)C3)nc1. The number of hydrogen-bond acceptors (Lipinski definition) is 5. The van der Waals surface area contributed by atoms with Crippen LogP contribution in [-0.2, 0) is 6.42 Å². The average molecular weight is 388 g/mol. The number of hydrogen-bond donors (Lipinski definition) is 0. The Kier molecular flexibility index (Phi) is 7.69. The number of aryl methyl sites for hydroxylation is 1. The fourth-order valence-corrected chi connectivity index (χ4v) is 4.73. The van der Waals surface area contributed by atoms with E-state index in [1.807, 2.05) is 0 Å². The Balaban J connectivity index is 1.44. The first-order valence-electron chi connectivity index (χ1n) is 11.5. The van der Waals surface area contributed by atoms with Gasteiger partial charge in [0.1, 0.15) is 0 Å². The van der Waals surface area contributed by atoms with Crippen molar-refractivity contribution in [3.05, 3.63) is 18.0 Å². The van der Waals surface area contributed by atoms with Gasteiger partial charge in [0.25, 0.3) is 0 Å². The summed E-state index contributed by atoms with van der Waals surface area (Å²) in [6, 6.07) is 1.81. The molecule has 158 valence electrons. The van der Waals surface area contributed by atoms with Crippen LogP contribution in [0.25, 0.3) is 0 Å². The number of nitrogens with zero attached hydrogens (tertiary/aromatic N) is 5. The summed E-state index contributed by atoms with van der Waals surface area (Å²) in [6.07, 6.45) is 11.6. The third kappa shape index (κ3) is 5.66. The van der Waals surface area contributed by atoms with E-state index in [0.29, 0.717) is 18.1 Å². The van der Waals surface area contributed by atoms with Crippen molar-refractivity contribution >= 4 is 5.95 Å². The number of likely N-dealkylation sites (tertiary alicyclic amines) is 1. The van der Waals surface area contributed by atoms with E-state index in [0.717, 1.165) is 37.9 Å². The summed E-state index contributed by atoms with van der Waals surface area (Å²) in [7, 11) is 2.24. The lowest BCUT2D eigenvalue weighted by molar-refractivity contribution is 0.176. The summed E-state index contributed by atoms with van der Waals surface area (Å²) in [4.78, 5) is 17.1. The van der Waals surface area contributed by atoms with Gasteiger partial charge in [0.05, 0.1) is 0 Å². The van der Waals surface area contributed by atoms with Crippen molar-refractivity contribution in [3.8, 4) is 0 Å². The summed E-state index contributed by atoms with van der Waals surface area (Å²) in [5, 5.41) is 0. The minimum absolute atomic E-state index is 0.589. The Bertz CT molecular complexity index is 571. The van der Waals surface area contributed by atoms with Crippen molar-refractivity contribution < 1.29 is 0 Å². The van der Waals surface area contributed by atoms with Crippen LogP contribution in [0.2, 0.25) is 0 Å². The maximum atomic E-state index is 4.76. The van der Waals surface area contributed by atoms with Gasteiger partial charge in [-0.3, -0.25) is 4.90 Å². The van der Waals surface area contributed by atoms with Gasteiger partial charge in [-0.05, 0) is 84.0 Å². The molecule has 0 amide bonds. The number of anilines is 1. The largest absolute Gasteiger partial charge is 0.332 e. The molecule has 0 aromatic carbocycles. The summed E-state index contributed by atoms with van der Waals surface area (Å²) in [5.41, 5.74) is 1.27. The maximum Gasteiger partial charge on any atom is 0.225 e. The fraction of sp³-hybridized carbons (Fsp3) is 0.826. The molecule has 2 aliphatic rings. The molecule has 28 heavy (non-hydrogen) atoms. The zero-order chi connectivity index (χ0) is 20.1. The van der Waals surface area contributed by atoms with Crippen LogP contribution in [0.4, 0.5) is 5.95 Å². The van der Waals surface area contributed by atoms with Crippen molar-refractivity contribution in [2.75, 3.05) is 38.1 Å². The fourth-order valence-electron chi connectivity index (χ4n) is 4.73. The molecule has 2 fully saturated rings. The van der Waals surface area contributed by atoms with E-state index >= 15 is 0 Å². The Labute approximate surface area is 172 Å². The van der Waals surface area contributed by atoms with Crippen LogP contribution in [0.3, 0.4) is 0 Å². The monoisotopic (exact) mass is 387 g/mol. The predicted molar refractivity (Wildman–Crippen MR) is 118 cm³/mol. The zero-order valence-electron chi connectivity index (χ0n) is 18.8. The second-order valence-corrected chi connectivity index (χ2v) is 9.67. The standard InChI is InChI=1S/C23H41N5/c1-18(2)8-6-12-26(5)13-7-9-20-14-24-23(25-15-20)28-21-10-11-22(28)17-27(16-21)19(3)4/h14-15,18-19,21-22H,6-13,16-17H2,1-5H3. The molecule has 0 saturated carbocycles. The van der Waals surface area contributed by atoms with Gasteiger partial charge in [-0.25, -0.2) is 9.97 Å². The van der Waals surface area contributed by atoms with Crippen LogP contribution in [0, 0.1) is 5.92 Å². The molecule has 5 nitrogen and oxygen atoms in total. The Morgan fingerprint density at radius 3 is 2.18 bits per heavy atom. The van der Waals surface area contributed by atoms with Gasteiger partial charge in [-0.15, -0.1) is 0 Å². The van der Waals surface area contributed by atoms with Gasteiger partial charge in [0, 0.05) is 43.6 Å². The van der Waals surface area contributed by atoms with Crippen molar-refractivity contribution in [2.45, 2.75) is 84.3 Å². The predicted octanol–water partition coefficient (Wildman–Crippen LogP) is 3.84. The number of aromatic nitrogens is 2. The Morgan fingerprint density at radius 1 is 1.00 bits per heavy atom. The van der Waals surface area contributed by atoms with E-state index in [9.17, 15) is 0 Å². The second-order valence-electron chi connectivity index (χ2n) is 9.67. The van der Waals surface area contributed by atoms with E-state index in [-0.39, 0.29) is 0 Å². The molecule has 0 radical (unpaired) electrons. The van der Waals surface area contributed by atoms with Gasteiger partial charge in [0.15, 0.2) is 0 Å². The van der Waals surface area contributed by atoms with Crippen LogP contribution in [0.15, 0.2) is 12.4 Å². The summed E-state index contributed by atoms with van der Waals surface area (Å²) in [6.45, 7) is 13.9. The number of fused-ring (bicyclic) bond motifs is 2. The van der Waals surface area contributed by atoms with Crippen LogP contribution < -0.4 is 4.90 Å². The maximum absolute atomic E-state index is 4.76. The summed E-state index contributed by atoms with van der Waals surface area (Å²) < 4.78 is 0. The topological polar surface area (TPSA) is 35.5 Å². The Morgan fingerprint density at radius 2 is 1.61 bits per heavy atom. The van der Waals surface area contributed by atoms with Crippen molar-refractivity contribution in [2.24, 2.45) is 5.92 Å². The van der Waals surface area contributed by atoms with Crippen molar-refractivity contribution in [1.82, 2.24) is 19.8 Å². The van der Waals surface area contributed by atoms with E-state index in [4.69, 9.17) is 9.97 Å². The van der Waals surface area contributed by atoms with Crippen LogP contribution in [-0.4, -0.2) is 71.1 Å². The lowest BCUT2D eigenvalue weighted by Gasteiger charge is -2.42. The average Bonchev–Trinajstić information content (AvgIpc) is 2.91. The smallest absolute Gasteiger partial charge is 0.225 e. The summed E-state index contributed by atoms with van der Waals surface area (Å²) in [5.74, 6) is 1.76. The number of rotatable bonds is 10. The second kappa shape index (κ2) is 10.0. The molecule has 0 aliphatic carbocycles. The molecule has 1 aromatic heterocycles. The lowest BCUT2D eigenvalue weighted by atomic mass is 10.1. The zero-order valence-corrected chi connectivity index (χ0v) is 18.8. The van der Waals surface area contributed by atoms with Gasteiger partial charge < -0.3 is 9.80 Å². The molecule has 0 spiro atoms. The van der Waals surface area contributed by atoms with Crippen LogP contribution >= 0.6 is 0 Å². The Hall–Kier alpha value is -1.20. The molecule has 2 atom stereocenters. The highest BCUT2D eigenvalue weighted by molar-refractivity contribution is 5.37. The quantitative estimate of drug-likeness (QED) is 0.609. The molecule has 2 saturated heterocycles. The van der Waals surface area contributed by atoms with Gasteiger partial charge in [-0.1, -0.05) is 13.8 Å². The molecule has 3 rings (SSSR count). The van der Waals surface area contributed by atoms with Gasteiger partial charge in [0.2, 0.25) is 5.95 Å². The van der Waals surface area contributed by atoms with E-state index in [2.05, 4.69) is 61.8 Å². The van der Waals surface area contributed by atoms with Gasteiger partial charge >= 0.3 is 0 Å². The minimum atomic E-state index is 0.589. The highest BCUT2D eigenvalue weighted by Crippen LogP contribution is 2.33. The van der Waals surface area contributed by atoms with Crippen LogP contribution in [0.1, 0.15) is 65.4 Å². The van der Waals surface area contributed by atoms with Crippen molar-refractivity contribution in [3.63, 3.8) is 0 Å². The van der Waals surface area contributed by atoms with Crippen LogP contribution in [0.5, 0.6) is 0 Å². The molecule has 1 aromatic rings. The first-order chi connectivity index (χ1) is 13.4. The normalized spacial score (nSPS) is 22.8.